The average molecular weight is 348 g/mol. The molecule has 0 bridgehead atoms. The van der Waals surface area contributed by atoms with Gasteiger partial charge in [-0.25, -0.2) is 4.98 Å². The van der Waals surface area contributed by atoms with E-state index in [0.29, 0.717) is 16.8 Å². The molecule has 3 N–H and O–H groups in total. The lowest BCUT2D eigenvalue weighted by molar-refractivity contribution is -0.136. The van der Waals surface area contributed by atoms with Gasteiger partial charge in [0.1, 0.15) is 11.1 Å². The van der Waals surface area contributed by atoms with Gasteiger partial charge in [-0.3, -0.25) is 4.79 Å². The summed E-state index contributed by atoms with van der Waals surface area (Å²) in [6.07, 6.45) is 0.253. The number of nitrogens with zero attached hydrogens (tertiary/aromatic N) is 1. The van der Waals surface area contributed by atoms with Crippen LogP contribution in [0, 0.1) is 11.8 Å². The zero-order valence-electron chi connectivity index (χ0n) is 14.0. The molecule has 3 rings (SSSR count). The maximum absolute atomic E-state index is 12.3. The Hall–Kier alpha value is -1.50. The maximum Gasteiger partial charge on any atom is 0.252 e. The monoisotopic (exact) mass is 348 g/mol. The van der Waals surface area contributed by atoms with Gasteiger partial charge in [0.05, 0.1) is 10.2 Å². The summed E-state index contributed by atoms with van der Waals surface area (Å²) in [5.74, 6) is 0.532. The van der Waals surface area contributed by atoms with E-state index in [9.17, 15) is 15.0 Å². The van der Waals surface area contributed by atoms with Crippen molar-refractivity contribution in [1.82, 2.24) is 10.3 Å². The molecule has 5 unspecified atom stereocenters. The summed E-state index contributed by atoms with van der Waals surface area (Å²) in [6, 6.07) is 7.57. The molecule has 5 atom stereocenters. The average Bonchev–Trinajstić information content (AvgIpc) is 3.00. The second-order valence-corrected chi connectivity index (χ2v) is 7.98. The van der Waals surface area contributed by atoms with Gasteiger partial charge in [-0.1, -0.05) is 26.0 Å². The number of hydrogen-bond acceptors (Lipinski definition) is 5. The summed E-state index contributed by atoms with van der Waals surface area (Å²) in [4.78, 5) is 16.6. The van der Waals surface area contributed by atoms with Crippen LogP contribution >= 0.6 is 11.3 Å². The Morgan fingerprint density at radius 1 is 1.29 bits per heavy atom. The highest BCUT2D eigenvalue weighted by molar-refractivity contribution is 7.18. The van der Waals surface area contributed by atoms with Gasteiger partial charge in [-0.2, -0.15) is 0 Å². The number of carbonyl (C=O) groups excluding carboxylic acids is 1. The minimum atomic E-state index is -1.50. The van der Waals surface area contributed by atoms with Crippen LogP contribution in [0.3, 0.4) is 0 Å². The van der Waals surface area contributed by atoms with Crippen LogP contribution in [0.4, 0.5) is 0 Å². The first-order valence-electron chi connectivity index (χ1n) is 8.47. The van der Waals surface area contributed by atoms with Crippen molar-refractivity contribution in [2.24, 2.45) is 11.8 Å². The molecule has 1 aromatic heterocycles. The second kappa shape index (κ2) is 7.17. The molecule has 0 saturated heterocycles. The van der Waals surface area contributed by atoms with E-state index in [0.717, 1.165) is 29.5 Å². The molecule has 1 heterocycles. The van der Waals surface area contributed by atoms with Crippen LogP contribution < -0.4 is 5.32 Å². The number of carbonyl (C=O) groups is 1. The minimum absolute atomic E-state index is 0.0610. The Morgan fingerprint density at radius 3 is 2.75 bits per heavy atom. The molecule has 1 aromatic carbocycles. The van der Waals surface area contributed by atoms with Gasteiger partial charge in [0.15, 0.2) is 6.10 Å². The SMILES string of the molecule is CC1CCC(NC(=O)C(O)C(O)c2nc3ccccc3s2)C(C)C1. The van der Waals surface area contributed by atoms with Crippen molar-refractivity contribution in [2.45, 2.75) is 51.4 Å². The Labute approximate surface area is 145 Å². The van der Waals surface area contributed by atoms with E-state index in [-0.39, 0.29) is 6.04 Å². The molecule has 1 fully saturated rings. The molecule has 1 aliphatic carbocycles. The minimum Gasteiger partial charge on any atom is -0.383 e. The number of aromatic nitrogens is 1. The molecule has 6 heteroatoms. The van der Waals surface area contributed by atoms with Gasteiger partial charge in [0.2, 0.25) is 0 Å². The molecule has 5 nitrogen and oxygen atoms in total. The molecule has 24 heavy (non-hydrogen) atoms. The zero-order valence-corrected chi connectivity index (χ0v) is 14.8. The molecule has 0 aliphatic heterocycles. The van der Waals surface area contributed by atoms with E-state index < -0.39 is 18.1 Å². The highest BCUT2D eigenvalue weighted by Gasteiger charge is 2.32. The largest absolute Gasteiger partial charge is 0.383 e. The van der Waals surface area contributed by atoms with E-state index in [4.69, 9.17) is 0 Å². The highest BCUT2D eigenvalue weighted by atomic mass is 32.1. The summed E-state index contributed by atoms with van der Waals surface area (Å²) in [5, 5.41) is 23.8. The Balaban J connectivity index is 1.66. The summed E-state index contributed by atoms with van der Waals surface area (Å²) >= 11 is 1.30. The van der Waals surface area contributed by atoms with Crippen LogP contribution in [0.5, 0.6) is 0 Å². The fraction of sp³-hybridized carbons (Fsp3) is 0.556. The van der Waals surface area contributed by atoms with Gasteiger partial charge < -0.3 is 15.5 Å². The Kier molecular flexibility index (Phi) is 5.18. The lowest BCUT2D eigenvalue weighted by Gasteiger charge is -2.33. The first-order valence-corrected chi connectivity index (χ1v) is 9.29. The third kappa shape index (κ3) is 3.61. The highest BCUT2D eigenvalue weighted by Crippen LogP contribution is 2.30. The second-order valence-electron chi connectivity index (χ2n) is 6.92. The number of amides is 1. The lowest BCUT2D eigenvalue weighted by Crippen LogP contribution is -2.48. The molecule has 1 amide bonds. The number of aliphatic hydroxyl groups is 2. The first-order chi connectivity index (χ1) is 11.5. The van der Waals surface area contributed by atoms with E-state index >= 15 is 0 Å². The summed E-state index contributed by atoms with van der Waals surface area (Å²) in [6.45, 7) is 4.34. The van der Waals surface area contributed by atoms with Gasteiger partial charge in [0, 0.05) is 6.04 Å². The normalized spacial score (nSPS) is 26.9. The number of para-hydroxylation sites is 1. The van der Waals surface area contributed by atoms with E-state index in [1.54, 1.807) is 0 Å². The van der Waals surface area contributed by atoms with Crippen molar-refractivity contribution in [3.8, 4) is 0 Å². The number of rotatable bonds is 4. The van der Waals surface area contributed by atoms with Crippen molar-refractivity contribution < 1.29 is 15.0 Å². The number of fused-ring (bicyclic) bond motifs is 1. The topological polar surface area (TPSA) is 82.5 Å². The van der Waals surface area contributed by atoms with Crippen LogP contribution in [0.1, 0.15) is 44.2 Å². The molecular formula is C18H24N2O3S. The van der Waals surface area contributed by atoms with Crippen LogP contribution in [0.15, 0.2) is 24.3 Å². The standard InChI is InChI=1S/C18H24N2O3S/c1-10-7-8-12(11(2)9-10)19-17(23)15(21)16(22)18-20-13-5-3-4-6-14(13)24-18/h3-6,10-12,15-16,21-22H,7-9H2,1-2H3,(H,19,23). The third-order valence-corrected chi connectivity index (χ3v) is 6.00. The number of hydrogen-bond donors (Lipinski definition) is 3. The van der Waals surface area contributed by atoms with Crippen molar-refractivity contribution in [2.75, 3.05) is 0 Å². The zero-order chi connectivity index (χ0) is 17.3. The van der Waals surface area contributed by atoms with E-state index in [2.05, 4.69) is 24.1 Å². The Bertz CT molecular complexity index is 684. The molecular weight excluding hydrogens is 324 g/mol. The van der Waals surface area contributed by atoms with Crippen molar-refractivity contribution in [3.63, 3.8) is 0 Å². The molecule has 0 spiro atoms. The van der Waals surface area contributed by atoms with E-state index in [1.165, 1.54) is 11.3 Å². The van der Waals surface area contributed by atoms with Crippen LogP contribution in [0.2, 0.25) is 0 Å². The van der Waals surface area contributed by atoms with Gasteiger partial charge in [0.25, 0.3) is 5.91 Å². The first kappa shape index (κ1) is 17.3. The van der Waals surface area contributed by atoms with E-state index in [1.807, 2.05) is 24.3 Å². The van der Waals surface area contributed by atoms with Gasteiger partial charge >= 0.3 is 0 Å². The summed E-state index contributed by atoms with van der Waals surface area (Å²) in [5.41, 5.74) is 0.763. The van der Waals surface area contributed by atoms with Crippen molar-refractivity contribution in [1.29, 1.82) is 0 Å². The maximum atomic E-state index is 12.3. The molecule has 0 radical (unpaired) electrons. The molecule has 130 valence electrons. The predicted octanol–water partition coefficient (Wildman–Crippen LogP) is 2.63. The fourth-order valence-corrected chi connectivity index (χ4v) is 4.43. The predicted molar refractivity (Wildman–Crippen MR) is 94.7 cm³/mol. The number of thiazole rings is 1. The summed E-state index contributed by atoms with van der Waals surface area (Å²) in [7, 11) is 0. The molecule has 1 saturated carbocycles. The van der Waals surface area contributed by atoms with Crippen LogP contribution in [-0.2, 0) is 4.79 Å². The van der Waals surface area contributed by atoms with Crippen molar-refractivity contribution in [3.05, 3.63) is 29.3 Å². The third-order valence-electron chi connectivity index (χ3n) is 4.89. The lowest BCUT2D eigenvalue weighted by atomic mass is 9.80. The quantitative estimate of drug-likeness (QED) is 0.793. The number of nitrogens with one attached hydrogen (secondary N) is 1. The van der Waals surface area contributed by atoms with Gasteiger partial charge in [-0.15, -0.1) is 11.3 Å². The smallest absolute Gasteiger partial charge is 0.252 e. The van der Waals surface area contributed by atoms with Crippen LogP contribution in [0.25, 0.3) is 10.2 Å². The Morgan fingerprint density at radius 2 is 2.04 bits per heavy atom. The fourth-order valence-electron chi connectivity index (χ4n) is 3.44. The molecule has 1 aliphatic rings. The van der Waals surface area contributed by atoms with Crippen LogP contribution in [-0.4, -0.2) is 33.3 Å². The summed E-state index contributed by atoms with van der Waals surface area (Å²) < 4.78 is 0.925. The number of benzene rings is 1. The van der Waals surface area contributed by atoms with Crippen molar-refractivity contribution >= 4 is 27.5 Å². The number of aliphatic hydroxyl groups excluding tert-OH is 2. The van der Waals surface area contributed by atoms with Gasteiger partial charge in [-0.05, 0) is 43.2 Å². The molecule has 2 aromatic rings.